The summed E-state index contributed by atoms with van der Waals surface area (Å²) in [4.78, 5) is 0. The monoisotopic (exact) mass is 272 g/mol. The van der Waals surface area contributed by atoms with Gasteiger partial charge in [0.2, 0.25) is 0 Å². The summed E-state index contributed by atoms with van der Waals surface area (Å²) in [5, 5.41) is 10.9. The minimum atomic E-state index is -0.305. The van der Waals surface area contributed by atoms with Crippen LogP contribution in [0.4, 0.5) is 0 Å². The molecule has 1 N–H and O–H groups in total. The summed E-state index contributed by atoms with van der Waals surface area (Å²) >= 11 is 0. The molecule has 2 heteroatoms. The van der Waals surface area contributed by atoms with Gasteiger partial charge in [0.05, 0.1) is 13.2 Å². The third-order valence-electron chi connectivity index (χ3n) is 6.10. The maximum Gasteiger partial charge on any atom is 0.119 e. The number of aliphatic hydroxyl groups is 1. The molecule has 0 aromatic heterocycles. The third-order valence-corrected chi connectivity index (χ3v) is 6.10. The van der Waals surface area contributed by atoms with Gasteiger partial charge in [0, 0.05) is 0 Å². The Hall–Kier alpha value is -1.02. The second kappa shape index (κ2) is 4.77. The largest absolute Gasteiger partial charge is 0.497 e. The molecule has 4 aliphatic carbocycles. The Bertz CT molecular complexity index is 468. The summed E-state index contributed by atoms with van der Waals surface area (Å²) in [6.45, 7) is 0. The van der Waals surface area contributed by atoms with E-state index in [1.807, 2.05) is 18.2 Å². The molecule has 0 radical (unpaired) electrons. The van der Waals surface area contributed by atoms with E-state index in [0.29, 0.717) is 5.92 Å². The Balaban J connectivity index is 1.60. The highest BCUT2D eigenvalue weighted by molar-refractivity contribution is 5.30. The Kier molecular flexibility index (Phi) is 3.03. The summed E-state index contributed by atoms with van der Waals surface area (Å²) in [5.41, 5.74) is 1.04. The van der Waals surface area contributed by atoms with E-state index in [9.17, 15) is 5.11 Å². The van der Waals surface area contributed by atoms with E-state index >= 15 is 0 Å². The fourth-order valence-electron chi connectivity index (χ4n) is 5.53. The summed E-state index contributed by atoms with van der Waals surface area (Å²) in [5.74, 6) is 4.78. The average Bonchev–Trinajstić information content (AvgIpc) is 2.46. The van der Waals surface area contributed by atoms with Gasteiger partial charge in [0.1, 0.15) is 5.75 Å². The number of hydrogen-bond donors (Lipinski definition) is 1. The number of methoxy groups -OCH3 is 1. The molecule has 1 atom stereocenters. The van der Waals surface area contributed by atoms with E-state index in [2.05, 4.69) is 6.07 Å². The first-order valence-corrected chi connectivity index (χ1v) is 8.06. The van der Waals surface area contributed by atoms with Crippen molar-refractivity contribution in [1.29, 1.82) is 0 Å². The molecular weight excluding hydrogens is 248 g/mol. The van der Waals surface area contributed by atoms with Crippen molar-refractivity contribution in [2.45, 2.75) is 38.2 Å². The average molecular weight is 272 g/mol. The molecule has 0 heterocycles. The van der Waals surface area contributed by atoms with Gasteiger partial charge in [-0.1, -0.05) is 12.1 Å². The lowest BCUT2D eigenvalue weighted by Crippen LogP contribution is -2.47. The lowest BCUT2D eigenvalue weighted by atomic mass is 9.50. The quantitative estimate of drug-likeness (QED) is 0.907. The Morgan fingerprint density at radius 2 is 1.70 bits per heavy atom. The molecule has 4 aliphatic rings. The van der Waals surface area contributed by atoms with Crippen molar-refractivity contribution in [1.82, 2.24) is 0 Å². The van der Waals surface area contributed by atoms with Crippen LogP contribution in [-0.2, 0) is 0 Å². The van der Waals surface area contributed by atoms with E-state index in [1.165, 1.54) is 32.1 Å². The van der Waals surface area contributed by atoms with Crippen LogP contribution in [0.25, 0.3) is 0 Å². The van der Waals surface area contributed by atoms with Crippen molar-refractivity contribution < 1.29 is 9.84 Å². The second-order valence-electron chi connectivity index (χ2n) is 7.23. The molecule has 1 aromatic carbocycles. The van der Waals surface area contributed by atoms with Crippen LogP contribution in [-0.4, -0.2) is 12.2 Å². The van der Waals surface area contributed by atoms with Crippen LogP contribution in [0.15, 0.2) is 24.3 Å². The highest BCUT2D eigenvalue weighted by Crippen LogP contribution is 2.59. The first kappa shape index (κ1) is 12.7. The first-order valence-electron chi connectivity index (χ1n) is 8.06. The molecule has 0 spiro atoms. The number of aliphatic hydroxyl groups excluding tert-OH is 1. The van der Waals surface area contributed by atoms with Gasteiger partial charge in [-0.3, -0.25) is 0 Å². The van der Waals surface area contributed by atoms with Gasteiger partial charge in [-0.15, -0.1) is 0 Å². The zero-order valence-corrected chi connectivity index (χ0v) is 12.2. The van der Waals surface area contributed by atoms with Crippen LogP contribution in [0.1, 0.15) is 43.8 Å². The van der Waals surface area contributed by atoms with Gasteiger partial charge in [-0.05, 0) is 79.4 Å². The first-order chi connectivity index (χ1) is 9.74. The molecule has 0 saturated heterocycles. The Morgan fingerprint density at radius 3 is 2.30 bits per heavy atom. The summed E-state index contributed by atoms with van der Waals surface area (Å²) < 4.78 is 5.30. The van der Waals surface area contributed by atoms with Crippen LogP contribution in [0.2, 0.25) is 0 Å². The van der Waals surface area contributed by atoms with E-state index in [1.54, 1.807) is 7.11 Å². The molecular formula is C18H24O2. The van der Waals surface area contributed by atoms with E-state index < -0.39 is 0 Å². The van der Waals surface area contributed by atoms with Crippen molar-refractivity contribution in [2.24, 2.45) is 29.6 Å². The van der Waals surface area contributed by atoms with Crippen LogP contribution < -0.4 is 4.74 Å². The lowest BCUT2D eigenvalue weighted by Gasteiger charge is -2.55. The Morgan fingerprint density at radius 1 is 1.05 bits per heavy atom. The molecule has 4 fully saturated rings. The van der Waals surface area contributed by atoms with Crippen molar-refractivity contribution in [3.8, 4) is 5.75 Å². The highest BCUT2D eigenvalue weighted by atomic mass is 16.5. The SMILES string of the molecule is COc1cccc(C(O)C2C3CC4CC(C3)CC2C4)c1. The standard InChI is InChI=1S/C18H24O2/c1-20-16-4-2-3-13(10-16)18(19)17-14-6-11-5-12(8-14)9-15(17)7-11/h2-4,10-12,14-15,17-19H,5-9H2,1H3. The topological polar surface area (TPSA) is 29.5 Å². The van der Waals surface area contributed by atoms with Crippen molar-refractivity contribution in [2.75, 3.05) is 7.11 Å². The molecule has 0 amide bonds. The molecule has 5 rings (SSSR count). The molecule has 1 unspecified atom stereocenters. The fourth-order valence-corrected chi connectivity index (χ4v) is 5.53. The van der Waals surface area contributed by atoms with Crippen LogP contribution in [0, 0.1) is 29.6 Å². The summed E-state index contributed by atoms with van der Waals surface area (Å²) in [6, 6.07) is 8.01. The number of benzene rings is 1. The van der Waals surface area contributed by atoms with Crippen LogP contribution in [0.5, 0.6) is 5.75 Å². The maximum absolute atomic E-state index is 10.9. The van der Waals surface area contributed by atoms with Gasteiger partial charge >= 0.3 is 0 Å². The van der Waals surface area contributed by atoms with Crippen LogP contribution >= 0.6 is 0 Å². The number of rotatable bonds is 3. The van der Waals surface area contributed by atoms with Crippen molar-refractivity contribution >= 4 is 0 Å². The van der Waals surface area contributed by atoms with Gasteiger partial charge in [0.15, 0.2) is 0 Å². The van der Waals surface area contributed by atoms with E-state index in [4.69, 9.17) is 4.74 Å². The fraction of sp³-hybridized carbons (Fsp3) is 0.667. The highest BCUT2D eigenvalue weighted by Gasteiger charge is 2.50. The zero-order chi connectivity index (χ0) is 13.7. The van der Waals surface area contributed by atoms with Crippen LogP contribution in [0.3, 0.4) is 0 Å². The van der Waals surface area contributed by atoms with Gasteiger partial charge < -0.3 is 9.84 Å². The van der Waals surface area contributed by atoms with Gasteiger partial charge in [-0.2, -0.15) is 0 Å². The van der Waals surface area contributed by atoms with E-state index in [-0.39, 0.29) is 6.10 Å². The molecule has 0 aliphatic heterocycles. The number of ether oxygens (including phenoxy) is 1. The lowest BCUT2D eigenvalue weighted by molar-refractivity contribution is -0.0908. The minimum Gasteiger partial charge on any atom is -0.497 e. The summed E-state index contributed by atoms with van der Waals surface area (Å²) in [6.07, 6.45) is 6.60. The second-order valence-corrected chi connectivity index (χ2v) is 7.23. The smallest absolute Gasteiger partial charge is 0.119 e. The minimum absolute atomic E-state index is 0.305. The predicted octanol–water partition coefficient (Wildman–Crippen LogP) is 3.80. The molecule has 1 aromatic rings. The Labute approximate surface area is 121 Å². The normalized spacial score (nSPS) is 39.8. The number of hydrogen-bond acceptors (Lipinski definition) is 2. The molecule has 2 nitrogen and oxygen atoms in total. The molecule has 108 valence electrons. The maximum atomic E-state index is 10.9. The summed E-state index contributed by atoms with van der Waals surface area (Å²) in [7, 11) is 1.69. The van der Waals surface area contributed by atoms with Gasteiger partial charge in [-0.25, -0.2) is 0 Å². The molecule has 4 saturated carbocycles. The third kappa shape index (κ3) is 1.96. The van der Waals surface area contributed by atoms with E-state index in [0.717, 1.165) is 35.0 Å². The van der Waals surface area contributed by atoms with Gasteiger partial charge in [0.25, 0.3) is 0 Å². The molecule has 20 heavy (non-hydrogen) atoms. The zero-order valence-electron chi connectivity index (χ0n) is 12.2. The van der Waals surface area contributed by atoms with Crippen molar-refractivity contribution in [3.05, 3.63) is 29.8 Å². The van der Waals surface area contributed by atoms with Crippen molar-refractivity contribution in [3.63, 3.8) is 0 Å². The predicted molar refractivity (Wildman–Crippen MR) is 78.5 cm³/mol. The molecule has 4 bridgehead atoms.